The summed E-state index contributed by atoms with van der Waals surface area (Å²) in [6.45, 7) is 1.57. The first kappa shape index (κ1) is 11.7. The molecule has 0 aromatic rings. The van der Waals surface area contributed by atoms with Crippen molar-refractivity contribution < 1.29 is 17.9 Å². The number of primary sulfonamides is 1. The van der Waals surface area contributed by atoms with Gasteiger partial charge in [-0.15, -0.1) is 11.8 Å². The van der Waals surface area contributed by atoms with Crippen molar-refractivity contribution >= 4 is 27.8 Å². The summed E-state index contributed by atoms with van der Waals surface area (Å²) in [7, 11) is -3.80. The number of ether oxygens (including phenoxy) is 1. The minimum absolute atomic E-state index is 0.132. The van der Waals surface area contributed by atoms with Crippen LogP contribution >= 0.6 is 11.8 Å². The molecule has 72 valence electrons. The van der Waals surface area contributed by atoms with E-state index in [9.17, 15) is 13.2 Å². The molecule has 0 saturated carbocycles. The van der Waals surface area contributed by atoms with Crippen molar-refractivity contribution in [3.63, 3.8) is 0 Å². The highest BCUT2D eigenvalue weighted by Gasteiger charge is 2.23. The maximum Gasteiger partial charge on any atom is 0.307 e. The van der Waals surface area contributed by atoms with E-state index in [1.54, 1.807) is 6.92 Å². The monoisotopic (exact) mass is 213 g/mol. The van der Waals surface area contributed by atoms with Crippen molar-refractivity contribution in [3.8, 4) is 0 Å². The smallest absolute Gasteiger partial charge is 0.307 e. The molecule has 12 heavy (non-hydrogen) atoms. The number of esters is 1. The summed E-state index contributed by atoms with van der Waals surface area (Å²) in [5, 5.41) is 4.77. The molecule has 0 aromatic heterocycles. The van der Waals surface area contributed by atoms with Gasteiger partial charge in [0.25, 0.3) is 14.8 Å². The number of thioether (sulfide) groups is 1. The van der Waals surface area contributed by atoms with Crippen LogP contribution in [0.2, 0.25) is 0 Å². The molecule has 0 radical (unpaired) electrons. The topological polar surface area (TPSA) is 86.5 Å². The Morgan fingerprint density at radius 1 is 1.67 bits per heavy atom. The Labute approximate surface area is 75.7 Å². The second-order valence-electron chi connectivity index (χ2n) is 1.96. The minimum atomic E-state index is -3.80. The lowest BCUT2D eigenvalue weighted by atomic mass is 10.5. The Balaban J connectivity index is 4.30. The summed E-state index contributed by atoms with van der Waals surface area (Å²) in [5.74, 6) is -0.580. The normalized spacial score (nSPS) is 13.9. The summed E-state index contributed by atoms with van der Waals surface area (Å²) in [6, 6.07) is 0. The number of hydrogen-bond acceptors (Lipinski definition) is 5. The highest BCUT2D eigenvalue weighted by molar-refractivity contribution is 8.12. The van der Waals surface area contributed by atoms with Crippen molar-refractivity contribution in [2.24, 2.45) is 5.14 Å². The lowest BCUT2D eigenvalue weighted by Crippen LogP contribution is -2.30. The van der Waals surface area contributed by atoms with Gasteiger partial charge in [0.2, 0.25) is 0 Å². The van der Waals surface area contributed by atoms with Gasteiger partial charge < -0.3 is 4.74 Å². The van der Waals surface area contributed by atoms with E-state index >= 15 is 0 Å². The van der Waals surface area contributed by atoms with Gasteiger partial charge in [-0.1, -0.05) is 6.92 Å². The first-order valence-electron chi connectivity index (χ1n) is 3.15. The maximum atomic E-state index is 10.7. The number of sulfonamides is 1. The van der Waals surface area contributed by atoms with E-state index in [0.717, 1.165) is 11.8 Å². The molecule has 7 heteroatoms. The van der Waals surface area contributed by atoms with E-state index in [0.29, 0.717) is 0 Å². The Bertz CT molecular complexity index is 248. The number of carbonyl (C=O) groups is 1. The zero-order valence-electron chi connectivity index (χ0n) is 6.81. The number of hydrogen-bond donors (Lipinski definition) is 1. The van der Waals surface area contributed by atoms with Crippen molar-refractivity contribution in [3.05, 3.63) is 0 Å². The van der Waals surface area contributed by atoms with Gasteiger partial charge in [0.05, 0.1) is 0 Å². The van der Waals surface area contributed by atoms with Crippen LogP contribution in [0.5, 0.6) is 0 Å². The molecule has 0 fully saturated rings. The standard InChI is InChI=1S/C5H11NO4S2/c1-3-4(7)10-5(11-2)12(6,8)9/h5H,3H2,1-2H3,(H2,6,8,9). The fourth-order valence-corrected chi connectivity index (χ4v) is 1.96. The van der Waals surface area contributed by atoms with Crippen molar-refractivity contribution in [1.82, 2.24) is 0 Å². The van der Waals surface area contributed by atoms with Gasteiger partial charge in [0.15, 0.2) is 0 Å². The van der Waals surface area contributed by atoms with E-state index in [4.69, 9.17) is 5.14 Å². The van der Waals surface area contributed by atoms with Crippen LogP contribution in [0.1, 0.15) is 13.3 Å². The van der Waals surface area contributed by atoms with Crippen LogP contribution in [-0.4, -0.2) is 25.4 Å². The summed E-state index contributed by atoms with van der Waals surface area (Å²) >= 11 is 0.865. The predicted octanol–water partition coefficient (Wildman–Crippen LogP) is -0.125. The molecule has 5 nitrogen and oxygen atoms in total. The van der Waals surface area contributed by atoms with Gasteiger partial charge in [0.1, 0.15) is 0 Å². The van der Waals surface area contributed by atoms with Crippen LogP contribution in [-0.2, 0) is 19.6 Å². The molecule has 0 rings (SSSR count). The largest absolute Gasteiger partial charge is 0.434 e. The lowest BCUT2D eigenvalue weighted by Gasteiger charge is -2.11. The van der Waals surface area contributed by atoms with Crippen LogP contribution in [0.15, 0.2) is 0 Å². The zero-order valence-corrected chi connectivity index (χ0v) is 8.44. The van der Waals surface area contributed by atoms with Crippen LogP contribution in [0, 0.1) is 0 Å². The molecule has 0 amide bonds. The van der Waals surface area contributed by atoms with E-state index in [-0.39, 0.29) is 6.42 Å². The predicted molar refractivity (Wildman–Crippen MR) is 46.8 cm³/mol. The summed E-state index contributed by atoms with van der Waals surface area (Å²) < 4.78 is 24.6. The first-order chi connectivity index (χ1) is 5.41. The van der Waals surface area contributed by atoms with E-state index in [2.05, 4.69) is 4.74 Å². The fraction of sp³-hybridized carbons (Fsp3) is 0.800. The summed E-state index contributed by atoms with van der Waals surface area (Å²) in [5.41, 5.74) is 0. The van der Waals surface area contributed by atoms with Crippen molar-refractivity contribution in [1.29, 1.82) is 0 Å². The summed E-state index contributed by atoms with van der Waals surface area (Å²) in [6.07, 6.45) is 1.63. The Hall–Kier alpha value is -0.270. The van der Waals surface area contributed by atoms with Crippen LogP contribution in [0.25, 0.3) is 0 Å². The molecule has 0 spiro atoms. The average Bonchev–Trinajstić information content (AvgIpc) is 1.97. The molecule has 1 atom stereocenters. The van der Waals surface area contributed by atoms with Gasteiger partial charge in [-0.05, 0) is 6.26 Å². The molecule has 0 aliphatic carbocycles. The summed E-state index contributed by atoms with van der Waals surface area (Å²) in [4.78, 5) is 10.7. The third kappa shape index (κ3) is 3.93. The highest BCUT2D eigenvalue weighted by Crippen LogP contribution is 2.13. The van der Waals surface area contributed by atoms with Crippen LogP contribution < -0.4 is 5.14 Å². The van der Waals surface area contributed by atoms with E-state index < -0.39 is 20.8 Å². The number of rotatable bonds is 4. The van der Waals surface area contributed by atoms with Crippen molar-refractivity contribution in [2.45, 2.75) is 18.1 Å². The number of nitrogens with two attached hydrogens (primary N) is 1. The Morgan fingerprint density at radius 3 is 2.42 bits per heavy atom. The second-order valence-corrected chi connectivity index (χ2v) is 4.76. The molecule has 0 aromatic carbocycles. The first-order valence-corrected chi connectivity index (χ1v) is 6.05. The third-order valence-corrected chi connectivity index (χ3v) is 3.47. The highest BCUT2D eigenvalue weighted by atomic mass is 32.3. The number of carbonyl (C=O) groups excluding carboxylic acids is 1. The van der Waals surface area contributed by atoms with Crippen LogP contribution in [0.3, 0.4) is 0 Å². The molecular formula is C5H11NO4S2. The van der Waals surface area contributed by atoms with Crippen LogP contribution in [0.4, 0.5) is 0 Å². The fourth-order valence-electron chi connectivity index (χ4n) is 0.440. The molecule has 0 heterocycles. The van der Waals surface area contributed by atoms with E-state index in [1.807, 2.05) is 0 Å². The molecule has 0 bridgehead atoms. The Morgan fingerprint density at radius 2 is 2.17 bits per heavy atom. The molecule has 1 unspecified atom stereocenters. The van der Waals surface area contributed by atoms with Gasteiger partial charge in [-0.25, -0.2) is 13.6 Å². The van der Waals surface area contributed by atoms with Gasteiger partial charge >= 0.3 is 5.97 Å². The molecule has 0 saturated heterocycles. The van der Waals surface area contributed by atoms with Gasteiger partial charge in [0, 0.05) is 6.42 Å². The maximum absolute atomic E-state index is 10.7. The second kappa shape index (κ2) is 4.68. The molecule has 0 aliphatic rings. The Kier molecular flexibility index (Phi) is 4.58. The van der Waals surface area contributed by atoms with Gasteiger partial charge in [-0.2, -0.15) is 0 Å². The molecule has 2 N–H and O–H groups in total. The molecular weight excluding hydrogens is 202 g/mol. The third-order valence-electron chi connectivity index (χ3n) is 0.977. The lowest BCUT2D eigenvalue weighted by molar-refractivity contribution is -0.142. The minimum Gasteiger partial charge on any atom is -0.434 e. The quantitative estimate of drug-likeness (QED) is 0.519. The van der Waals surface area contributed by atoms with E-state index in [1.165, 1.54) is 6.26 Å². The van der Waals surface area contributed by atoms with Gasteiger partial charge in [-0.3, -0.25) is 4.79 Å². The molecule has 0 aliphatic heterocycles. The van der Waals surface area contributed by atoms with Crippen molar-refractivity contribution in [2.75, 3.05) is 6.26 Å². The SMILES string of the molecule is CCC(=O)OC(SC)S(N)(=O)=O. The zero-order chi connectivity index (χ0) is 9.78. The average molecular weight is 213 g/mol.